The highest BCUT2D eigenvalue weighted by Crippen LogP contribution is 2.30. The van der Waals surface area contributed by atoms with Crippen molar-refractivity contribution < 1.29 is 9.53 Å². The lowest BCUT2D eigenvalue weighted by atomic mass is 10.2. The molecular weight excluding hydrogens is 404 g/mol. The number of aromatic nitrogens is 2. The second-order valence-electron chi connectivity index (χ2n) is 7.24. The summed E-state index contributed by atoms with van der Waals surface area (Å²) in [6, 6.07) is 11.9. The smallest absolute Gasteiger partial charge is 0.259 e. The van der Waals surface area contributed by atoms with Gasteiger partial charge in [0.1, 0.15) is 17.5 Å². The molecular formula is C21H22N4O2S2. The maximum absolute atomic E-state index is 13.2. The molecule has 3 aromatic rings. The van der Waals surface area contributed by atoms with Crippen LogP contribution in [-0.4, -0.2) is 64.0 Å². The molecule has 5 rings (SSSR count). The Kier molecular flexibility index (Phi) is 5.28. The van der Waals surface area contributed by atoms with Crippen LogP contribution in [0.5, 0.6) is 5.88 Å². The van der Waals surface area contributed by atoms with E-state index in [0.29, 0.717) is 24.5 Å². The first-order valence-corrected chi connectivity index (χ1v) is 11.8. The summed E-state index contributed by atoms with van der Waals surface area (Å²) in [4.78, 5) is 21.7. The minimum absolute atomic E-state index is 0.00142. The van der Waals surface area contributed by atoms with Crippen molar-refractivity contribution in [2.45, 2.75) is 12.5 Å². The molecule has 2 fully saturated rings. The van der Waals surface area contributed by atoms with Crippen LogP contribution >= 0.6 is 23.3 Å². The van der Waals surface area contributed by atoms with Gasteiger partial charge in [0.25, 0.3) is 5.91 Å². The van der Waals surface area contributed by atoms with Crippen LogP contribution in [0, 0.1) is 0 Å². The lowest BCUT2D eigenvalue weighted by Gasteiger charge is -2.35. The maximum Gasteiger partial charge on any atom is 0.259 e. The summed E-state index contributed by atoms with van der Waals surface area (Å²) < 4.78 is 11.9. The first kappa shape index (κ1) is 18.7. The summed E-state index contributed by atoms with van der Waals surface area (Å²) in [7, 11) is 0. The van der Waals surface area contributed by atoms with Crippen molar-refractivity contribution in [3.8, 4) is 5.88 Å². The van der Waals surface area contributed by atoms with Gasteiger partial charge in [-0.05, 0) is 48.0 Å². The molecule has 0 bridgehead atoms. The Hall–Kier alpha value is -2.32. The first-order valence-electron chi connectivity index (χ1n) is 9.87. The lowest BCUT2D eigenvalue weighted by Crippen LogP contribution is -2.49. The van der Waals surface area contributed by atoms with Gasteiger partial charge in [0.15, 0.2) is 0 Å². The Morgan fingerprint density at radius 2 is 1.97 bits per heavy atom. The second-order valence-corrected chi connectivity index (χ2v) is 9.20. The predicted octanol–water partition coefficient (Wildman–Crippen LogP) is 3.54. The minimum atomic E-state index is 0.00142. The van der Waals surface area contributed by atoms with Crippen LogP contribution in [0.3, 0.4) is 0 Å². The molecule has 2 aliphatic heterocycles. The third-order valence-electron chi connectivity index (χ3n) is 5.39. The predicted molar refractivity (Wildman–Crippen MR) is 118 cm³/mol. The Morgan fingerprint density at radius 1 is 1.10 bits per heavy atom. The maximum atomic E-state index is 13.2. The van der Waals surface area contributed by atoms with Gasteiger partial charge in [0.05, 0.1) is 4.70 Å². The number of piperazine rings is 1. The molecule has 1 amide bonds. The van der Waals surface area contributed by atoms with Gasteiger partial charge in [-0.2, -0.15) is 16.1 Å². The van der Waals surface area contributed by atoms with E-state index in [0.717, 1.165) is 36.8 Å². The van der Waals surface area contributed by atoms with Crippen LogP contribution in [0.15, 0.2) is 42.6 Å². The molecule has 0 unspecified atom stereocenters. The summed E-state index contributed by atoms with van der Waals surface area (Å²) in [5.41, 5.74) is 0.567. The number of benzene rings is 1. The van der Waals surface area contributed by atoms with E-state index in [1.54, 1.807) is 12.3 Å². The zero-order valence-electron chi connectivity index (χ0n) is 16.0. The van der Waals surface area contributed by atoms with Crippen LogP contribution in [0.4, 0.5) is 5.82 Å². The topological polar surface area (TPSA) is 58.6 Å². The third-order valence-corrected chi connectivity index (χ3v) is 7.34. The number of pyridine rings is 1. The van der Waals surface area contributed by atoms with E-state index in [9.17, 15) is 4.79 Å². The van der Waals surface area contributed by atoms with E-state index < -0.39 is 0 Å². The third kappa shape index (κ3) is 3.79. The molecule has 2 aromatic heterocycles. The number of ether oxygens (including phenoxy) is 1. The number of thioether (sulfide) groups is 1. The molecule has 2 saturated heterocycles. The fourth-order valence-corrected chi connectivity index (χ4v) is 5.69. The zero-order chi connectivity index (χ0) is 19.6. The van der Waals surface area contributed by atoms with E-state index >= 15 is 0 Å². The highest BCUT2D eigenvalue weighted by Gasteiger charge is 2.28. The van der Waals surface area contributed by atoms with Crippen molar-refractivity contribution in [2.24, 2.45) is 0 Å². The number of amides is 1. The summed E-state index contributed by atoms with van der Waals surface area (Å²) in [6.45, 7) is 2.88. The number of nitrogens with zero attached hydrogens (tertiary/aromatic N) is 4. The quantitative estimate of drug-likeness (QED) is 0.636. The number of hydrogen-bond acceptors (Lipinski definition) is 7. The monoisotopic (exact) mass is 426 g/mol. The minimum Gasteiger partial charge on any atom is -0.473 e. The van der Waals surface area contributed by atoms with Gasteiger partial charge in [0.2, 0.25) is 5.88 Å². The van der Waals surface area contributed by atoms with Gasteiger partial charge in [-0.3, -0.25) is 4.79 Å². The van der Waals surface area contributed by atoms with Crippen molar-refractivity contribution in [3.63, 3.8) is 0 Å². The van der Waals surface area contributed by atoms with Crippen LogP contribution in [0.1, 0.15) is 16.8 Å². The van der Waals surface area contributed by atoms with Crippen molar-refractivity contribution in [2.75, 3.05) is 42.6 Å². The molecule has 0 spiro atoms. The molecule has 0 radical (unpaired) electrons. The van der Waals surface area contributed by atoms with Gasteiger partial charge in [-0.1, -0.05) is 12.1 Å². The number of carbonyl (C=O) groups excluding carboxylic acids is 1. The normalized spacial score (nSPS) is 19.7. The van der Waals surface area contributed by atoms with E-state index in [-0.39, 0.29) is 12.0 Å². The van der Waals surface area contributed by atoms with Crippen LogP contribution in [-0.2, 0) is 0 Å². The number of fused-ring (bicyclic) bond motifs is 1. The average Bonchev–Trinajstić information content (AvgIpc) is 3.44. The summed E-state index contributed by atoms with van der Waals surface area (Å²) in [5, 5.41) is 1.19. The molecule has 8 heteroatoms. The van der Waals surface area contributed by atoms with Crippen LogP contribution in [0.2, 0.25) is 0 Å². The molecule has 0 saturated carbocycles. The fraction of sp³-hybridized carbons (Fsp3) is 0.381. The molecule has 2 aliphatic rings. The van der Waals surface area contributed by atoms with E-state index in [1.165, 1.54) is 21.6 Å². The van der Waals surface area contributed by atoms with Crippen LogP contribution in [0.25, 0.3) is 10.1 Å². The van der Waals surface area contributed by atoms with Crippen LogP contribution < -0.4 is 9.64 Å². The Morgan fingerprint density at radius 3 is 2.79 bits per heavy atom. The summed E-state index contributed by atoms with van der Waals surface area (Å²) in [5.74, 6) is 3.57. The summed E-state index contributed by atoms with van der Waals surface area (Å²) >= 11 is 3.41. The molecule has 1 aromatic carbocycles. The average molecular weight is 427 g/mol. The zero-order valence-corrected chi connectivity index (χ0v) is 17.6. The standard InChI is InChI=1S/C21H22N4O2S2/c26-21(17-5-3-8-22-20(17)27-15-7-13-28-14-15)25-11-9-24(10-12-25)19-16-4-1-2-6-18(16)29-23-19/h1-6,8,15H,7,9-14H2/t15-/m1/s1. The first-order chi connectivity index (χ1) is 14.3. The largest absolute Gasteiger partial charge is 0.473 e. The van der Waals surface area contributed by atoms with E-state index in [1.807, 2.05) is 34.9 Å². The van der Waals surface area contributed by atoms with E-state index in [4.69, 9.17) is 4.74 Å². The number of anilines is 1. The Labute approximate surface area is 178 Å². The number of hydrogen-bond donors (Lipinski definition) is 0. The van der Waals surface area contributed by atoms with Gasteiger partial charge in [-0.15, -0.1) is 0 Å². The lowest BCUT2D eigenvalue weighted by molar-refractivity contribution is 0.0738. The molecule has 6 nitrogen and oxygen atoms in total. The number of carbonyl (C=O) groups is 1. The van der Waals surface area contributed by atoms with Gasteiger partial charge in [-0.25, -0.2) is 4.98 Å². The highest BCUT2D eigenvalue weighted by molar-refractivity contribution is 7.99. The van der Waals surface area contributed by atoms with E-state index in [2.05, 4.69) is 26.4 Å². The Balaban J connectivity index is 1.28. The van der Waals surface area contributed by atoms with Crippen molar-refractivity contribution in [3.05, 3.63) is 48.2 Å². The fourth-order valence-electron chi connectivity index (χ4n) is 3.80. The molecule has 4 heterocycles. The SMILES string of the molecule is O=C(c1cccnc1O[C@@H]1CCSC1)N1CCN(c2nsc3ccccc23)CC1. The number of rotatable bonds is 4. The molecule has 1 atom stereocenters. The van der Waals surface area contributed by atoms with Crippen molar-refractivity contribution in [1.82, 2.24) is 14.3 Å². The summed E-state index contributed by atoms with van der Waals surface area (Å²) in [6.07, 6.45) is 2.85. The Bertz CT molecular complexity index is 1010. The van der Waals surface area contributed by atoms with Gasteiger partial charge < -0.3 is 14.5 Å². The molecule has 0 aliphatic carbocycles. The molecule has 150 valence electrons. The van der Waals surface area contributed by atoms with Crippen molar-refractivity contribution >= 4 is 45.1 Å². The molecule has 0 N–H and O–H groups in total. The highest BCUT2D eigenvalue weighted by atomic mass is 32.2. The molecule has 29 heavy (non-hydrogen) atoms. The van der Waals surface area contributed by atoms with Gasteiger partial charge in [0, 0.05) is 43.5 Å². The van der Waals surface area contributed by atoms with Crippen molar-refractivity contribution in [1.29, 1.82) is 0 Å². The second kappa shape index (κ2) is 8.20. The van der Waals surface area contributed by atoms with Gasteiger partial charge >= 0.3 is 0 Å².